The molecule has 0 aromatic heterocycles. The third-order valence-electron chi connectivity index (χ3n) is 4.90. The van der Waals surface area contributed by atoms with Crippen LogP contribution in [0.2, 0.25) is 0 Å². The zero-order valence-corrected chi connectivity index (χ0v) is 16.8. The van der Waals surface area contributed by atoms with Crippen LogP contribution >= 0.6 is 0 Å². The van der Waals surface area contributed by atoms with E-state index in [0.717, 1.165) is 17.7 Å². The van der Waals surface area contributed by atoms with E-state index in [4.69, 9.17) is 0 Å². The molecular weight excluding hydrogens is 342 g/mol. The zero-order valence-electron chi connectivity index (χ0n) is 16.8. The number of rotatable bonds is 6. The van der Waals surface area contributed by atoms with Crippen molar-refractivity contribution in [2.45, 2.75) is 52.0 Å². The first-order chi connectivity index (χ1) is 12.6. The summed E-state index contributed by atoms with van der Waals surface area (Å²) in [4.78, 5) is 2.12. The molecule has 0 spiro atoms. The maximum absolute atomic E-state index is 14.4. The molecule has 1 atom stereocenters. The molecule has 0 N–H and O–H groups in total. The average molecular weight is 370 g/mol. The van der Waals surface area contributed by atoms with Crippen molar-refractivity contribution in [1.82, 2.24) is 4.90 Å². The molecule has 2 rings (SSSR count). The summed E-state index contributed by atoms with van der Waals surface area (Å²) in [7, 11) is 1.98. The van der Waals surface area contributed by atoms with E-state index in [1.165, 1.54) is 12.1 Å². The van der Waals surface area contributed by atoms with Crippen LogP contribution in [0.3, 0.4) is 0 Å². The van der Waals surface area contributed by atoms with E-state index in [1.807, 2.05) is 40.8 Å². The van der Waals surface area contributed by atoms with Gasteiger partial charge >= 0.3 is 0 Å². The minimum absolute atomic E-state index is 0.0714. The molecule has 0 bridgehead atoms. The van der Waals surface area contributed by atoms with Gasteiger partial charge in [0.1, 0.15) is 11.6 Å². The van der Waals surface area contributed by atoms with Crippen molar-refractivity contribution in [3.05, 3.63) is 70.3 Å². The minimum atomic E-state index is -0.329. The molecule has 27 heavy (non-hydrogen) atoms. The van der Waals surface area contributed by atoms with Gasteiger partial charge in [-0.25, -0.2) is 8.78 Å². The highest BCUT2D eigenvalue weighted by Gasteiger charge is 2.23. The van der Waals surface area contributed by atoms with Crippen molar-refractivity contribution in [3.8, 4) is 6.07 Å². The normalized spacial score (nSPS) is 12.9. The molecule has 4 heteroatoms. The Kier molecular flexibility index (Phi) is 6.73. The highest BCUT2D eigenvalue weighted by Crippen LogP contribution is 2.30. The number of nitriles is 1. The first kappa shape index (κ1) is 21.1. The van der Waals surface area contributed by atoms with Gasteiger partial charge in [0.15, 0.2) is 0 Å². The van der Waals surface area contributed by atoms with Crippen molar-refractivity contribution in [2.24, 2.45) is 0 Å². The van der Waals surface area contributed by atoms with Crippen LogP contribution in [-0.4, -0.2) is 18.5 Å². The summed E-state index contributed by atoms with van der Waals surface area (Å²) >= 11 is 0. The van der Waals surface area contributed by atoms with Crippen molar-refractivity contribution >= 4 is 0 Å². The summed E-state index contributed by atoms with van der Waals surface area (Å²) in [6.07, 6.45) is 0.715. The van der Waals surface area contributed by atoms with Crippen LogP contribution in [0.1, 0.15) is 62.3 Å². The smallest absolute Gasteiger partial charge is 0.127 e. The highest BCUT2D eigenvalue weighted by atomic mass is 19.1. The molecule has 0 aliphatic rings. The first-order valence-corrected chi connectivity index (χ1v) is 9.30. The van der Waals surface area contributed by atoms with Crippen molar-refractivity contribution in [3.63, 3.8) is 0 Å². The van der Waals surface area contributed by atoms with Crippen molar-refractivity contribution in [1.29, 1.82) is 5.26 Å². The Labute approximate surface area is 161 Å². The molecule has 0 amide bonds. The molecule has 0 fully saturated rings. The van der Waals surface area contributed by atoms with Crippen LogP contribution in [0, 0.1) is 23.0 Å². The third-order valence-corrected chi connectivity index (χ3v) is 4.90. The van der Waals surface area contributed by atoms with E-state index < -0.39 is 0 Å². The molecule has 1 unspecified atom stereocenters. The fourth-order valence-corrected chi connectivity index (χ4v) is 3.60. The second-order valence-corrected chi connectivity index (χ2v) is 8.26. The molecule has 144 valence electrons. The molecule has 0 saturated heterocycles. The molecular formula is C23H28F2N2. The SMILES string of the molecule is CC(CCN(C)Cc1cccc(F)c1C(C)(C)C)c1c(F)cccc1C#N. The molecule has 0 saturated carbocycles. The second-order valence-electron chi connectivity index (χ2n) is 8.26. The Morgan fingerprint density at radius 2 is 1.70 bits per heavy atom. The lowest BCUT2D eigenvalue weighted by molar-refractivity contribution is 0.308. The Hall–Kier alpha value is -2.25. The van der Waals surface area contributed by atoms with E-state index >= 15 is 0 Å². The minimum Gasteiger partial charge on any atom is -0.302 e. The predicted molar refractivity (Wildman–Crippen MR) is 106 cm³/mol. The third kappa shape index (κ3) is 5.14. The van der Waals surface area contributed by atoms with E-state index in [0.29, 0.717) is 24.1 Å². The number of benzene rings is 2. The van der Waals surface area contributed by atoms with Crippen LogP contribution < -0.4 is 0 Å². The largest absolute Gasteiger partial charge is 0.302 e. The van der Waals surface area contributed by atoms with Gasteiger partial charge in [0.05, 0.1) is 11.6 Å². The van der Waals surface area contributed by atoms with Crippen LogP contribution in [-0.2, 0) is 12.0 Å². The summed E-state index contributed by atoms with van der Waals surface area (Å²) in [5, 5.41) is 9.23. The summed E-state index contributed by atoms with van der Waals surface area (Å²) in [6, 6.07) is 11.9. The number of hydrogen-bond acceptors (Lipinski definition) is 2. The lowest BCUT2D eigenvalue weighted by Gasteiger charge is -2.27. The molecule has 0 radical (unpaired) electrons. The molecule has 2 nitrogen and oxygen atoms in total. The van der Waals surface area contributed by atoms with Gasteiger partial charge in [0, 0.05) is 12.1 Å². The van der Waals surface area contributed by atoms with E-state index in [1.54, 1.807) is 18.2 Å². The molecule has 0 aliphatic heterocycles. The first-order valence-electron chi connectivity index (χ1n) is 9.30. The van der Waals surface area contributed by atoms with Crippen LogP contribution in [0.5, 0.6) is 0 Å². The van der Waals surface area contributed by atoms with Gasteiger partial charge in [0.25, 0.3) is 0 Å². The predicted octanol–water partition coefficient (Wildman–Crippen LogP) is 5.76. The van der Waals surface area contributed by atoms with Crippen LogP contribution in [0.15, 0.2) is 36.4 Å². The summed E-state index contributed by atoms with van der Waals surface area (Å²) in [5.41, 5.74) is 2.32. The monoisotopic (exact) mass is 370 g/mol. The molecule has 0 heterocycles. The van der Waals surface area contributed by atoms with Gasteiger partial charge in [-0.3, -0.25) is 0 Å². The summed E-state index contributed by atoms with van der Waals surface area (Å²) in [5.74, 6) is -0.575. The van der Waals surface area contributed by atoms with Gasteiger partial charge in [-0.1, -0.05) is 45.9 Å². The molecule has 0 aliphatic carbocycles. The van der Waals surface area contributed by atoms with Crippen molar-refractivity contribution < 1.29 is 8.78 Å². The Balaban J connectivity index is 2.09. The summed E-state index contributed by atoms with van der Waals surface area (Å²) < 4.78 is 28.5. The molecule has 2 aromatic carbocycles. The van der Waals surface area contributed by atoms with Gasteiger partial charge in [-0.2, -0.15) is 5.26 Å². The number of hydrogen-bond donors (Lipinski definition) is 0. The van der Waals surface area contributed by atoms with E-state index in [2.05, 4.69) is 11.0 Å². The quantitative estimate of drug-likeness (QED) is 0.646. The topological polar surface area (TPSA) is 27.0 Å². The Morgan fingerprint density at radius 3 is 2.33 bits per heavy atom. The van der Waals surface area contributed by atoms with Crippen LogP contribution in [0.4, 0.5) is 8.78 Å². The van der Waals surface area contributed by atoms with Crippen molar-refractivity contribution in [2.75, 3.05) is 13.6 Å². The fraction of sp³-hybridized carbons (Fsp3) is 0.435. The lowest BCUT2D eigenvalue weighted by atomic mass is 9.83. The standard InChI is InChI=1S/C23H28F2N2/c1-16(21-17(14-26)8-6-10-19(21)24)12-13-27(5)15-18-9-7-11-20(25)22(18)23(2,3)4/h6-11,16H,12-13,15H2,1-5H3. The van der Waals surface area contributed by atoms with Gasteiger partial charge < -0.3 is 4.90 Å². The van der Waals surface area contributed by atoms with Gasteiger partial charge in [0.2, 0.25) is 0 Å². The average Bonchev–Trinajstić information content (AvgIpc) is 2.58. The zero-order chi connectivity index (χ0) is 20.2. The number of halogens is 2. The second kappa shape index (κ2) is 8.63. The lowest BCUT2D eigenvalue weighted by Crippen LogP contribution is -2.24. The number of nitrogens with zero attached hydrogens (tertiary/aromatic N) is 2. The Bertz CT molecular complexity index is 831. The highest BCUT2D eigenvalue weighted by molar-refractivity contribution is 5.40. The fourth-order valence-electron chi connectivity index (χ4n) is 3.60. The van der Waals surface area contributed by atoms with E-state index in [9.17, 15) is 14.0 Å². The molecule has 2 aromatic rings. The maximum atomic E-state index is 14.4. The van der Waals surface area contributed by atoms with Crippen LogP contribution in [0.25, 0.3) is 0 Å². The van der Waals surface area contributed by atoms with E-state index in [-0.39, 0.29) is 23.0 Å². The van der Waals surface area contributed by atoms with Gasteiger partial charge in [-0.15, -0.1) is 0 Å². The van der Waals surface area contributed by atoms with Gasteiger partial charge in [-0.05, 0) is 60.7 Å². The maximum Gasteiger partial charge on any atom is 0.127 e. The summed E-state index contributed by atoms with van der Waals surface area (Å²) in [6.45, 7) is 9.32. The Morgan fingerprint density at radius 1 is 1.07 bits per heavy atom.